The van der Waals surface area contributed by atoms with Crippen molar-refractivity contribution in [1.82, 2.24) is 4.98 Å². The smallest absolute Gasteiger partial charge is 0.122 e. The number of nitrogens with two attached hydrogens (primary N) is 1. The van der Waals surface area contributed by atoms with Gasteiger partial charge in [0.15, 0.2) is 0 Å². The number of benzene rings is 1. The summed E-state index contributed by atoms with van der Waals surface area (Å²) in [5, 5.41) is 0. The molecule has 1 heterocycles. The summed E-state index contributed by atoms with van der Waals surface area (Å²) in [5.74, 6) is 0.853. The van der Waals surface area contributed by atoms with E-state index in [2.05, 4.69) is 36.8 Å². The number of hydrogen-bond acceptors (Lipinski definition) is 3. The van der Waals surface area contributed by atoms with Gasteiger partial charge < -0.3 is 10.5 Å². The Morgan fingerprint density at radius 1 is 1.32 bits per heavy atom. The van der Waals surface area contributed by atoms with Gasteiger partial charge in [-0.25, -0.2) is 0 Å². The van der Waals surface area contributed by atoms with Gasteiger partial charge in [-0.3, -0.25) is 4.98 Å². The van der Waals surface area contributed by atoms with Gasteiger partial charge in [-0.1, -0.05) is 18.2 Å². The molecule has 0 aliphatic rings. The van der Waals surface area contributed by atoms with Crippen molar-refractivity contribution in [3.05, 3.63) is 56.7 Å². The maximum Gasteiger partial charge on any atom is 0.122 e. The molecule has 0 bridgehead atoms. The summed E-state index contributed by atoms with van der Waals surface area (Å²) in [7, 11) is 1.66. The Kier molecular flexibility index (Phi) is 4.96. The molecule has 5 heteroatoms. The highest BCUT2D eigenvalue weighted by Gasteiger charge is 2.14. The molecular formula is C14H14Br2N2O. The van der Waals surface area contributed by atoms with Crippen molar-refractivity contribution in [3.8, 4) is 5.75 Å². The van der Waals surface area contributed by atoms with Crippen LogP contribution in [0, 0.1) is 0 Å². The molecular weight excluding hydrogens is 372 g/mol. The monoisotopic (exact) mass is 384 g/mol. The highest BCUT2D eigenvalue weighted by atomic mass is 79.9. The van der Waals surface area contributed by atoms with Crippen LogP contribution < -0.4 is 10.5 Å². The first-order valence-electron chi connectivity index (χ1n) is 5.80. The van der Waals surface area contributed by atoms with Crippen molar-refractivity contribution in [2.75, 3.05) is 7.11 Å². The molecule has 2 rings (SSSR count). The van der Waals surface area contributed by atoms with Gasteiger partial charge in [-0.15, -0.1) is 0 Å². The summed E-state index contributed by atoms with van der Waals surface area (Å²) in [6.07, 6.45) is 2.43. The SMILES string of the molecule is COc1ccccc1CC(N)c1ncc(Br)cc1Br. The lowest BCUT2D eigenvalue weighted by Crippen LogP contribution is -2.16. The van der Waals surface area contributed by atoms with E-state index in [0.717, 1.165) is 26.0 Å². The molecule has 2 aromatic rings. The molecule has 1 atom stereocenters. The highest BCUT2D eigenvalue weighted by molar-refractivity contribution is 9.11. The number of para-hydroxylation sites is 1. The number of rotatable bonds is 4. The van der Waals surface area contributed by atoms with Gasteiger partial charge in [0.1, 0.15) is 5.75 Å². The molecule has 1 aromatic carbocycles. The number of pyridine rings is 1. The fraction of sp³-hybridized carbons (Fsp3) is 0.214. The lowest BCUT2D eigenvalue weighted by atomic mass is 10.0. The Balaban J connectivity index is 2.23. The van der Waals surface area contributed by atoms with E-state index in [4.69, 9.17) is 10.5 Å². The van der Waals surface area contributed by atoms with Gasteiger partial charge in [0, 0.05) is 15.1 Å². The summed E-state index contributed by atoms with van der Waals surface area (Å²) in [6.45, 7) is 0. The average molecular weight is 386 g/mol. The van der Waals surface area contributed by atoms with Crippen LogP contribution in [0.5, 0.6) is 5.75 Å². The molecule has 100 valence electrons. The fourth-order valence-electron chi connectivity index (χ4n) is 1.90. The molecule has 0 aliphatic heterocycles. The van der Waals surface area contributed by atoms with Crippen LogP contribution in [0.25, 0.3) is 0 Å². The van der Waals surface area contributed by atoms with Crippen molar-refractivity contribution in [2.24, 2.45) is 5.73 Å². The van der Waals surface area contributed by atoms with Crippen molar-refractivity contribution in [2.45, 2.75) is 12.5 Å². The predicted molar refractivity (Wildman–Crippen MR) is 83.3 cm³/mol. The van der Waals surface area contributed by atoms with Gasteiger partial charge in [0.05, 0.1) is 18.8 Å². The third-order valence-electron chi connectivity index (χ3n) is 2.82. The minimum absolute atomic E-state index is 0.182. The topological polar surface area (TPSA) is 48.1 Å². The quantitative estimate of drug-likeness (QED) is 0.869. The van der Waals surface area contributed by atoms with Crippen LogP contribution in [-0.4, -0.2) is 12.1 Å². The van der Waals surface area contributed by atoms with E-state index >= 15 is 0 Å². The average Bonchev–Trinajstić information content (AvgIpc) is 2.39. The molecule has 0 saturated carbocycles. The van der Waals surface area contributed by atoms with Crippen molar-refractivity contribution in [1.29, 1.82) is 0 Å². The Hall–Kier alpha value is -0.910. The second kappa shape index (κ2) is 6.50. The zero-order valence-electron chi connectivity index (χ0n) is 10.4. The molecule has 19 heavy (non-hydrogen) atoms. The van der Waals surface area contributed by atoms with Crippen LogP contribution in [0.1, 0.15) is 17.3 Å². The van der Waals surface area contributed by atoms with Crippen LogP contribution >= 0.6 is 31.9 Å². The van der Waals surface area contributed by atoms with Gasteiger partial charge >= 0.3 is 0 Å². The van der Waals surface area contributed by atoms with E-state index in [0.29, 0.717) is 6.42 Å². The Labute approximate surface area is 129 Å². The van der Waals surface area contributed by atoms with Crippen molar-refractivity contribution in [3.63, 3.8) is 0 Å². The van der Waals surface area contributed by atoms with E-state index in [-0.39, 0.29) is 6.04 Å². The van der Waals surface area contributed by atoms with Crippen molar-refractivity contribution < 1.29 is 4.74 Å². The lowest BCUT2D eigenvalue weighted by Gasteiger charge is -2.15. The second-order valence-corrected chi connectivity index (χ2v) is 5.91. The predicted octanol–water partition coefficient (Wildman–Crippen LogP) is 3.86. The van der Waals surface area contributed by atoms with Crippen LogP contribution in [0.15, 0.2) is 45.5 Å². The Morgan fingerprint density at radius 2 is 2.05 bits per heavy atom. The summed E-state index contributed by atoms with van der Waals surface area (Å²) in [6, 6.07) is 9.65. The highest BCUT2D eigenvalue weighted by Crippen LogP contribution is 2.28. The number of nitrogens with zero attached hydrogens (tertiary/aromatic N) is 1. The summed E-state index contributed by atoms with van der Waals surface area (Å²) in [4.78, 5) is 4.37. The minimum Gasteiger partial charge on any atom is -0.496 e. The van der Waals surface area contributed by atoms with Gasteiger partial charge in [-0.2, -0.15) is 0 Å². The number of ether oxygens (including phenoxy) is 1. The minimum atomic E-state index is -0.182. The second-order valence-electron chi connectivity index (χ2n) is 4.14. The Morgan fingerprint density at radius 3 is 2.74 bits per heavy atom. The van der Waals surface area contributed by atoms with Gasteiger partial charge in [0.25, 0.3) is 0 Å². The lowest BCUT2D eigenvalue weighted by molar-refractivity contribution is 0.408. The fourth-order valence-corrected chi connectivity index (χ4v) is 3.18. The molecule has 0 amide bonds. The number of methoxy groups -OCH3 is 1. The largest absolute Gasteiger partial charge is 0.496 e. The van der Waals surface area contributed by atoms with Crippen LogP contribution in [0.3, 0.4) is 0 Å². The first kappa shape index (κ1) is 14.5. The van der Waals surface area contributed by atoms with Crippen LogP contribution in [0.4, 0.5) is 0 Å². The standard InChI is InChI=1S/C14H14Br2N2O/c1-19-13-5-3-2-4-9(13)6-12(17)14-11(16)7-10(15)8-18-14/h2-5,7-8,12H,6,17H2,1H3. The van der Waals surface area contributed by atoms with E-state index < -0.39 is 0 Å². The van der Waals surface area contributed by atoms with E-state index in [1.54, 1.807) is 13.3 Å². The van der Waals surface area contributed by atoms with Gasteiger partial charge in [-0.05, 0) is 56.0 Å². The number of aromatic nitrogens is 1. The third-order valence-corrected chi connectivity index (χ3v) is 3.89. The van der Waals surface area contributed by atoms with Crippen molar-refractivity contribution >= 4 is 31.9 Å². The van der Waals surface area contributed by atoms with Gasteiger partial charge in [0.2, 0.25) is 0 Å². The molecule has 1 aromatic heterocycles. The molecule has 0 radical (unpaired) electrons. The maximum atomic E-state index is 6.24. The molecule has 3 nitrogen and oxygen atoms in total. The summed E-state index contributed by atoms with van der Waals surface area (Å²) >= 11 is 6.87. The number of halogens is 2. The van der Waals surface area contributed by atoms with E-state index in [1.807, 2.05) is 30.3 Å². The molecule has 2 N–H and O–H groups in total. The zero-order valence-corrected chi connectivity index (χ0v) is 13.6. The van der Waals surface area contributed by atoms with Crippen LogP contribution in [-0.2, 0) is 6.42 Å². The first-order chi connectivity index (χ1) is 9.11. The number of hydrogen-bond donors (Lipinski definition) is 1. The first-order valence-corrected chi connectivity index (χ1v) is 7.39. The van der Waals surface area contributed by atoms with E-state index in [1.165, 1.54) is 0 Å². The summed E-state index contributed by atoms with van der Waals surface area (Å²) in [5.41, 5.74) is 8.16. The molecule has 0 spiro atoms. The van der Waals surface area contributed by atoms with E-state index in [9.17, 15) is 0 Å². The molecule has 0 fully saturated rings. The maximum absolute atomic E-state index is 6.24. The Bertz CT molecular complexity index is 575. The normalized spacial score (nSPS) is 12.2. The third kappa shape index (κ3) is 3.55. The molecule has 0 saturated heterocycles. The zero-order chi connectivity index (χ0) is 13.8. The molecule has 0 aliphatic carbocycles. The summed E-state index contributed by atoms with van der Waals surface area (Å²) < 4.78 is 7.17. The molecule has 1 unspecified atom stereocenters. The van der Waals surface area contributed by atoms with Crippen LogP contribution in [0.2, 0.25) is 0 Å².